The normalized spacial score (nSPS) is 9.90. The molecule has 0 amide bonds. The van der Waals surface area contributed by atoms with Crippen molar-refractivity contribution in [3.63, 3.8) is 0 Å². The Labute approximate surface area is 124 Å². The van der Waals surface area contributed by atoms with Gasteiger partial charge in [-0.2, -0.15) is 0 Å². The van der Waals surface area contributed by atoms with E-state index in [1.165, 1.54) is 12.1 Å². The molecule has 0 saturated heterocycles. The third-order valence-electron chi connectivity index (χ3n) is 3.13. The lowest BCUT2D eigenvalue weighted by Crippen LogP contribution is -2.00. The molecule has 2 nitrogen and oxygen atoms in total. The Morgan fingerprint density at radius 2 is 1.95 bits per heavy atom. The average Bonchev–Trinajstić information content (AvgIpc) is 2.47. The van der Waals surface area contributed by atoms with E-state index in [4.69, 9.17) is 9.84 Å². The molecular weight excluding hydrogens is 267 g/mol. The monoisotopic (exact) mass is 284 g/mol. The molecule has 2 rings (SSSR count). The molecule has 0 aromatic heterocycles. The van der Waals surface area contributed by atoms with Crippen molar-refractivity contribution in [2.24, 2.45) is 0 Å². The fourth-order valence-electron chi connectivity index (χ4n) is 1.95. The molecule has 2 aromatic rings. The maximum absolute atomic E-state index is 13.3. The van der Waals surface area contributed by atoms with E-state index in [9.17, 15) is 4.39 Å². The zero-order chi connectivity index (χ0) is 15.2. The molecular formula is C18H17FO2. The zero-order valence-electron chi connectivity index (χ0n) is 12.1. The van der Waals surface area contributed by atoms with Gasteiger partial charge in [0, 0.05) is 0 Å². The van der Waals surface area contributed by atoms with Gasteiger partial charge in [0.2, 0.25) is 0 Å². The number of rotatable bonds is 3. The van der Waals surface area contributed by atoms with Crippen LogP contribution < -0.4 is 4.74 Å². The fraction of sp³-hybridized carbons (Fsp3) is 0.222. The molecule has 0 radical (unpaired) electrons. The first-order chi connectivity index (χ1) is 10.1. The van der Waals surface area contributed by atoms with Crippen LogP contribution >= 0.6 is 0 Å². The number of aliphatic hydroxyl groups is 1. The molecule has 21 heavy (non-hydrogen) atoms. The van der Waals surface area contributed by atoms with Crippen LogP contribution in [0.3, 0.4) is 0 Å². The molecule has 0 heterocycles. The van der Waals surface area contributed by atoms with Crippen LogP contribution in [0.25, 0.3) is 0 Å². The quantitative estimate of drug-likeness (QED) is 0.876. The van der Waals surface area contributed by atoms with Gasteiger partial charge in [0.05, 0.1) is 5.56 Å². The maximum atomic E-state index is 13.3. The van der Waals surface area contributed by atoms with Crippen LogP contribution in [0.5, 0.6) is 5.75 Å². The second-order valence-electron chi connectivity index (χ2n) is 4.82. The average molecular weight is 284 g/mol. The van der Waals surface area contributed by atoms with E-state index in [0.29, 0.717) is 5.75 Å². The van der Waals surface area contributed by atoms with Crippen LogP contribution in [0.4, 0.5) is 4.39 Å². The highest BCUT2D eigenvalue weighted by Crippen LogP contribution is 2.21. The number of benzene rings is 2. The van der Waals surface area contributed by atoms with E-state index < -0.39 is 0 Å². The van der Waals surface area contributed by atoms with Gasteiger partial charge in [0.15, 0.2) is 0 Å². The lowest BCUT2D eigenvalue weighted by atomic mass is 10.1. The lowest BCUT2D eigenvalue weighted by molar-refractivity contribution is 0.304. The molecule has 0 aliphatic carbocycles. The van der Waals surface area contributed by atoms with Crippen LogP contribution in [-0.2, 0) is 6.61 Å². The Morgan fingerprint density at radius 1 is 1.14 bits per heavy atom. The van der Waals surface area contributed by atoms with Gasteiger partial charge in [-0.25, -0.2) is 4.39 Å². The molecule has 0 aliphatic heterocycles. The van der Waals surface area contributed by atoms with Crippen molar-refractivity contribution in [3.8, 4) is 17.6 Å². The number of aryl methyl sites for hydroxylation is 2. The number of hydrogen-bond acceptors (Lipinski definition) is 2. The Kier molecular flexibility index (Phi) is 4.97. The highest BCUT2D eigenvalue weighted by atomic mass is 19.1. The molecule has 0 atom stereocenters. The van der Waals surface area contributed by atoms with Crippen LogP contribution in [0.2, 0.25) is 0 Å². The van der Waals surface area contributed by atoms with Crippen molar-refractivity contribution >= 4 is 0 Å². The van der Waals surface area contributed by atoms with Gasteiger partial charge in [0.1, 0.15) is 24.8 Å². The van der Waals surface area contributed by atoms with E-state index in [1.807, 2.05) is 32.0 Å². The molecule has 0 fully saturated rings. The van der Waals surface area contributed by atoms with Gasteiger partial charge in [-0.15, -0.1) is 0 Å². The fourth-order valence-corrected chi connectivity index (χ4v) is 1.95. The maximum Gasteiger partial charge on any atom is 0.135 e. The summed E-state index contributed by atoms with van der Waals surface area (Å²) in [6.45, 7) is 3.96. The minimum absolute atomic E-state index is 0.198. The summed E-state index contributed by atoms with van der Waals surface area (Å²) in [5.74, 6) is 5.84. The minimum atomic E-state index is -0.275. The Hall–Kier alpha value is -2.31. The topological polar surface area (TPSA) is 29.5 Å². The van der Waals surface area contributed by atoms with Gasteiger partial charge < -0.3 is 9.84 Å². The third kappa shape index (κ3) is 4.08. The summed E-state index contributed by atoms with van der Waals surface area (Å²) in [6.07, 6.45) is 0. The molecule has 2 aromatic carbocycles. The Morgan fingerprint density at radius 3 is 2.71 bits per heavy atom. The van der Waals surface area contributed by atoms with Gasteiger partial charge in [-0.1, -0.05) is 24.0 Å². The Balaban J connectivity index is 2.21. The standard InChI is InChI=1S/C18H17FO2/c1-13-5-8-18(15(10-13)4-3-9-20)21-12-16-11-17(19)7-6-14(16)2/h5-8,10-11,20H,9,12H2,1-2H3. The van der Waals surface area contributed by atoms with Crippen molar-refractivity contribution in [3.05, 3.63) is 64.5 Å². The molecule has 0 bridgehead atoms. The SMILES string of the molecule is Cc1ccc(OCc2cc(F)ccc2C)c(C#CCO)c1. The number of ether oxygens (including phenoxy) is 1. The molecule has 0 aliphatic rings. The van der Waals surface area contributed by atoms with E-state index >= 15 is 0 Å². The second-order valence-corrected chi connectivity index (χ2v) is 4.82. The van der Waals surface area contributed by atoms with E-state index in [1.54, 1.807) is 6.07 Å². The summed E-state index contributed by atoms with van der Waals surface area (Å²) < 4.78 is 19.0. The van der Waals surface area contributed by atoms with Gasteiger partial charge in [0.25, 0.3) is 0 Å². The zero-order valence-corrected chi connectivity index (χ0v) is 12.1. The van der Waals surface area contributed by atoms with Gasteiger partial charge in [-0.3, -0.25) is 0 Å². The van der Waals surface area contributed by atoms with Crippen molar-refractivity contribution in [2.75, 3.05) is 6.61 Å². The summed E-state index contributed by atoms with van der Waals surface area (Å²) in [5.41, 5.74) is 3.56. The van der Waals surface area contributed by atoms with Crippen molar-refractivity contribution < 1.29 is 14.2 Å². The highest BCUT2D eigenvalue weighted by Gasteiger charge is 2.05. The predicted octanol–water partition coefficient (Wildman–Crippen LogP) is 3.37. The first-order valence-electron chi connectivity index (χ1n) is 6.68. The predicted molar refractivity (Wildman–Crippen MR) is 80.6 cm³/mol. The van der Waals surface area contributed by atoms with Crippen LogP contribution in [-0.4, -0.2) is 11.7 Å². The van der Waals surface area contributed by atoms with Gasteiger partial charge in [-0.05, 0) is 54.8 Å². The van der Waals surface area contributed by atoms with Crippen LogP contribution in [0.1, 0.15) is 22.3 Å². The molecule has 3 heteroatoms. The summed E-state index contributed by atoms with van der Waals surface area (Å²) in [5, 5.41) is 8.81. The summed E-state index contributed by atoms with van der Waals surface area (Å²) in [6, 6.07) is 10.3. The smallest absolute Gasteiger partial charge is 0.135 e. The first-order valence-corrected chi connectivity index (χ1v) is 6.68. The molecule has 0 unspecified atom stereocenters. The third-order valence-corrected chi connectivity index (χ3v) is 3.13. The summed E-state index contributed by atoms with van der Waals surface area (Å²) >= 11 is 0. The van der Waals surface area contributed by atoms with Crippen LogP contribution in [0.15, 0.2) is 36.4 Å². The van der Waals surface area contributed by atoms with Crippen molar-refractivity contribution in [1.29, 1.82) is 0 Å². The molecule has 0 saturated carbocycles. The number of hydrogen-bond donors (Lipinski definition) is 1. The largest absolute Gasteiger partial charge is 0.488 e. The Bertz CT molecular complexity index is 696. The van der Waals surface area contributed by atoms with E-state index in [0.717, 1.165) is 22.3 Å². The van der Waals surface area contributed by atoms with Gasteiger partial charge >= 0.3 is 0 Å². The van der Waals surface area contributed by atoms with E-state index in [-0.39, 0.29) is 19.0 Å². The van der Waals surface area contributed by atoms with Crippen molar-refractivity contribution in [2.45, 2.75) is 20.5 Å². The molecule has 108 valence electrons. The summed E-state index contributed by atoms with van der Waals surface area (Å²) in [7, 11) is 0. The second kappa shape index (κ2) is 6.92. The number of aliphatic hydroxyl groups excluding tert-OH is 1. The van der Waals surface area contributed by atoms with E-state index in [2.05, 4.69) is 11.8 Å². The number of halogens is 1. The first kappa shape index (κ1) is 15.1. The highest BCUT2D eigenvalue weighted by molar-refractivity contribution is 5.48. The minimum Gasteiger partial charge on any atom is -0.488 e. The summed E-state index contributed by atoms with van der Waals surface area (Å²) in [4.78, 5) is 0. The molecule has 1 N–H and O–H groups in total. The molecule has 0 spiro atoms. The van der Waals surface area contributed by atoms with Crippen molar-refractivity contribution in [1.82, 2.24) is 0 Å². The van der Waals surface area contributed by atoms with Crippen LogP contribution in [0, 0.1) is 31.5 Å². The lowest BCUT2D eigenvalue weighted by Gasteiger charge is -2.11.